The van der Waals surface area contributed by atoms with Gasteiger partial charge in [-0.05, 0) is 30.5 Å². The molecule has 0 aromatic heterocycles. The molecule has 1 N–H and O–H groups in total. The summed E-state index contributed by atoms with van der Waals surface area (Å²) >= 11 is 0. The van der Waals surface area contributed by atoms with Gasteiger partial charge in [-0.2, -0.15) is 0 Å². The highest BCUT2D eigenvalue weighted by Gasteiger charge is 2.33. The molecular weight excluding hydrogens is 358 g/mol. The molecule has 1 aliphatic heterocycles. The van der Waals surface area contributed by atoms with Crippen LogP contribution in [0, 0.1) is 12.8 Å². The minimum atomic E-state index is -0.914. The molecule has 6 heteroatoms. The normalized spacial score (nSPS) is 16.3. The average Bonchev–Trinajstić information content (AvgIpc) is 3.07. The fourth-order valence-corrected chi connectivity index (χ4v) is 3.26. The predicted molar refractivity (Wildman–Crippen MR) is 105 cm³/mol. The standard InChI is InChI=1S/C22H25NO5/c1-15-3-5-16(6-4-15)14-28-20-12-19(27-2)8-7-17(20)9-10-23-13-18(22(25)26)11-21(23)24/h3-8,12,18H,9-11,13-14H2,1-2H3,(H,25,26). The van der Waals surface area contributed by atoms with E-state index in [-0.39, 0.29) is 18.9 Å². The van der Waals surface area contributed by atoms with Gasteiger partial charge in [0.2, 0.25) is 5.91 Å². The fourth-order valence-electron chi connectivity index (χ4n) is 3.26. The largest absolute Gasteiger partial charge is 0.497 e. The number of aryl methyl sites for hydroxylation is 1. The SMILES string of the molecule is COc1ccc(CCN2CC(C(=O)O)CC2=O)c(OCc2ccc(C)cc2)c1. The number of hydrogen-bond donors (Lipinski definition) is 1. The van der Waals surface area contributed by atoms with E-state index < -0.39 is 11.9 Å². The van der Waals surface area contributed by atoms with E-state index in [1.807, 2.05) is 49.4 Å². The Morgan fingerprint density at radius 1 is 1.21 bits per heavy atom. The van der Waals surface area contributed by atoms with Crippen LogP contribution >= 0.6 is 0 Å². The first kappa shape index (κ1) is 19.7. The molecule has 0 saturated carbocycles. The summed E-state index contributed by atoms with van der Waals surface area (Å²) in [6.45, 7) is 3.21. The minimum Gasteiger partial charge on any atom is -0.497 e. The number of amides is 1. The summed E-state index contributed by atoms with van der Waals surface area (Å²) in [7, 11) is 1.60. The Kier molecular flexibility index (Phi) is 6.19. The molecule has 1 heterocycles. The molecule has 2 aromatic rings. The Morgan fingerprint density at radius 2 is 1.96 bits per heavy atom. The van der Waals surface area contributed by atoms with Gasteiger partial charge in [0.1, 0.15) is 18.1 Å². The van der Waals surface area contributed by atoms with Crippen molar-refractivity contribution in [2.24, 2.45) is 5.92 Å². The Balaban J connectivity index is 1.67. The lowest BCUT2D eigenvalue weighted by Gasteiger charge is -2.18. The number of hydrogen-bond acceptors (Lipinski definition) is 4. The van der Waals surface area contributed by atoms with Crippen LogP contribution in [0.15, 0.2) is 42.5 Å². The second-order valence-electron chi connectivity index (χ2n) is 7.08. The maximum atomic E-state index is 12.0. The number of rotatable bonds is 8. The zero-order valence-corrected chi connectivity index (χ0v) is 16.2. The summed E-state index contributed by atoms with van der Waals surface area (Å²) in [5, 5.41) is 9.12. The number of carboxylic acids is 1. The van der Waals surface area contributed by atoms with Crippen molar-refractivity contribution in [1.29, 1.82) is 0 Å². The van der Waals surface area contributed by atoms with Gasteiger partial charge in [-0.25, -0.2) is 0 Å². The van der Waals surface area contributed by atoms with Gasteiger partial charge in [0.05, 0.1) is 13.0 Å². The van der Waals surface area contributed by atoms with E-state index in [1.54, 1.807) is 12.0 Å². The number of methoxy groups -OCH3 is 1. The third kappa shape index (κ3) is 4.82. The van der Waals surface area contributed by atoms with E-state index in [1.165, 1.54) is 5.56 Å². The summed E-state index contributed by atoms with van der Waals surface area (Å²) in [5.41, 5.74) is 3.22. The van der Waals surface area contributed by atoms with E-state index in [2.05, 4.69) is 0 Å². The highest BCUT2D eigenvalue weighted by atomic mass is 16.5. The van der Waals surface area contributed by atoms with Crippen molar-refractivity contribution in [1.82, 2.24) is 4.90 Å². The lowest BCUT2D eigenvalue weighted by Crippen LogP contribution is -2.28. The molecule has 1 aliphatic rings. The highest BCUT2D eigenvalue weighted by molar-refractivity contribution is 5.86. The van der Waals surface area contributed by atoms with Crippen molar-refractivity contribution in [3.63, 3.8) is 0 Å². The second-order valence-corrected chi connectivity index (χ2v) is 7.08. The molecule has 0 spiro atoms. The van der Waals surface area contributed by atoms with E-state index >= 15 is 0 Å². The lowest BCUT2D eigenvalue weighted by atomic mass is 10.1. The van der Waals surface area contributed by atoms with Gasteiger partial charge in [0.25, 0.3) is 0 Å². The third-order valence-electron chi connectivity index (χ3n) is 5.00. The smallest absolute Gasteiger partial charge is 0.308 e. The van der Waals surface area contributed by atoms with Crippen molar-refractivity contribution in [3.8, 4) is 11.5 Å². The number of nitrogens with zero attached hydrogens (tertiary/aromatic N) is 1. The molecule has 1 amide bonds. The summed E-state index contributed by atoms with van der Waals surface area (Å²) in [6.07, 6.45) is 0.667. The number of benzene rings is 2. The molecule has 0 bridgehead atoms. The van der Waals surface area contributed by atoms with Crippen molar-refractivity contribution >= 4 is 11.9 Å². The zero-order chi connectivity index (χ0) is 20.1. The summed E-state index contributed by atoms with van der Waals surface area (Å²) in [6, 6.07) is 13.8. The molecule has 1 fully saturated rings. The summed E-state index contributed by atoms with van der Waals surface area (Å²) in [4.78, 5) is 24.8. The Labute approximate surface area is 164 Å². The maximum absolute atomic E-state index is 12.0. The van der Waals surface area contributed by atoms with Gasteiger partial charge in [-0.3, -0.25) is 9.59 Å². The van der Waals surface area contributed by atoms with Crippen LogP contribution in [0.2, 0.25) is 0 Å². The first-order chi connectivity index (χ1) is 13.5. The highest BCUT2D eigenvalue weighted by Crippen LogP contribution is 2.27. The molecule has 0 aliphatic carbocycles. The van der Waals surface area contributed by atoms with E-state index in [9.17, 15) is 9.59 Å². The van der Waals surface area contributed by atoms with Gasteiger partial charge in [-0.1, -0.05) is 35.9 Å². The monoisotopic (exact) mass is 383 g/mol. The topological polar surface area (TPSA) is 76.1 Å². The number of carbonyl (C=O) groups excluding carboxylic acids is 1. The number of likely N-dealkylation sites (tertiary alicyclic amines) is 1. The minimum absolute atomic E-state index is 0.0781. The molecule has 3 rings (SSSR count). The van der Waals surface area contributed by atoms with Gasteiger partial charge < -0.3 is 19.5 Å². The molecule has 148 valence electrons. The Bertz CT molecular complexity index is 847. The fraction of sp³-hybridized carbons (Fsp3) is 0.364. The van der Waals surface area contributed by atoms with Gasteiger partial charge in [0, 0.05) is 25.6 Å². The van der Waals surface area contributed by atoms with Gasteiger partial charge in [0.15, 0.2) is 0 Å². The summed E-state index contributed by atoms with van der Waals surface area (Å²) < 4.78 is 11.3. The number of carbonyl (C=O) groups is 2. The zero-order valence-electron chi connectivity index (χ0n) is 16.2. The van der Waals surface area contributed by atoms with Crippen molar-refractivity contribution in [2.45, 2.75) is 26.4 Å². The van der Waals surface area contributed by atoms with E-state index in [4.69, 9.17) is 14.6 Å². The molecule has 1 saturated heterocycles. The maximum Gasteiger partial charge on any atom is 0.308 e. The predicted octanol–water partition coefficient (Wildman–Crippen LogP) is 3.06. The van der Waals surface area contributed by atoms with Crippen LogP contribution in [0.25, 0.3) is 0 Å². The van der Waals surface area contributed by atoms with Crippen LogP contribution in [0.4, 0.5) is 0 Å². The Hall–Kier alpha value is -3.02. The van der Waals surface area contributed by atoms with Crippen LogP contribution in [0.3, 0.4) is 0 Å². The van der Waals surface area contributed by atoms with Crippen LogP contribution in [-0.4, -0.2) is 42.1 Å². The lowest BCUT2D eigenvalue weighted by molar-refractivity contribution is -0.141. The quantitative estimate of drug-likeness (QED) is 0.758. The van der Waals surface area contributed by atoms with Gasteiger partial charge in [-0.15, -0.1) is 0 Å². The molecular formula is C22H25NO5. The number of ether oxygens (including phenoxy) is 2. The van der Waals surface area contributed by atoms with Crippen molar-refractivity contribution in [2.75, 3.05) is 20.2 Å². The van der Waals surface area contributed by atoms with Crippen molar-refractivity contribution < 1.29 is 24.2 Å². The molecule has 28 heavy (non-hydrogen) atoms. The molecule has 0 radical (unpaired) electrons. The molecule has 1 unspecified atom stereocenters. The van der Waals surface area contributed by atoms with Gasteiger partial charge >= 0.3 is 5.97 Å². The van der Waals surface area contributed by atoms with Crippen LogP contribution < -0.4 is 9.47 Å². The molecule has 2 aromatic carbocycles. The second kappa shape index (κ2) is 8.78. The molecule has 1 atom stereocenters. The summed E-state index contributed by atoms with van der Waals surface area (Å²) in [5.74, 6) is -0.224. The van der Waals surface area contributed by atoms with E-state index in [0.29, 0.717) is 31.1 Å². The molecule has 6 nitrogen and oxygen atoms in total. The van der Waals surface area contributed by atoms with Crippen LogP contribution in [-0.2, 0) is 22.6 Å². The van der Waals surface area contributed by atoms with E-state index in [0.717, 1.165) is 11.1 Å². The van der Waals surface area contributed by atoms with Crippen LogP contribution in [0.1, 0.15) is 23.1 Å². The Morgan fingerprint density at radius 3 is 2.61 bits per heavy atom. The number of aliphatic carboxylic acids is 1. The third-order valence-corrected chi connectivity index (χ3v) is 5.00. The first-order valence-corrected chi connectivity index (χ1v) is 9.32. The van der Waals surface area contributed by atoms with Crippen molar-refractivity contribution in [3.05, 3.63) is 59.2 Å². The first-order valence-electron chi connectivity index (χ1n) is 9.32. The average molecular weight is 383 g/mol. The number of carboxylic acid groups (broad SMARTS) is 1. The van der Waals surface area contributed by atoms with Crippen LogP contribution in [0.5, 0.6) is 11.5 Å².